The third kappa shape index (κ3) is 4.97. The Morgan fingerprint density at radius 2 is 1.88 bits per heavy atom. The van der Waals surface area contributed by atoms with E-state index in [2.05, 4.69) is 20.6 Å². The smallest absolute Gasteiger partial charge is 0.271 e. The van der Waals surface area contributed by atoms with Gasteiger partial charge in [-0.15, -0.1) is 0 Å². The van der Waals surface area contributed by atoms with E-state index in [0.717, 1.165) is 18.4 Å². The minimum atomic E-state index is -3.69. The average molecular weight is 361 g/mol. The highest BCUT2D eigenvalue weighted by Gasteiger charge is 2.21. The van der Waals surface area contributed by atoms with Crippen LogP contribution < -0.4 is 15.8 Å². The molecule has 0 atom stereocenters. The Kier molecular flexibility index (Phi) is 4.95. The van der Waals surface area contributed by atoms with E-state index in [-0.39, 0.29) is 16.5 Å². The molecule has 132 valence electrons. The highest BCUT2D eigenvalue weighted by molar-refractivity contribution is 7.89. The fraction of sp³-hybridized carbons (Fsp3) is 0.312. The number of nitrogens with two attached hydrogens (primary N) is 1. The van der Waals surface area contributed by atoms with Crippen molar-refractivity contribution in [1.82, 2.24) is 15.3 Å². The van der Waals surface area contributed by atoms with Crippen molar-refractivity contribution < 1.29 is 13.2 Å². The summed E-state index contributed by atoms with van der Waals surface area (Å²) in [4.78, 5) is 20.4. The molecule has 1 aliphatic carbocycles. The molecule has 3 rings (SSSR count). The van der Waals surface area contributed by atoms with Crippen molar-refractivity contribution in [2.75, 3.05) is 11.9 Å². The Hall–Kier alpha value is -2.52. The number of carbonyl (C=O) groups excluding carboxylic acids is 1. The number of rotatable bonds is 7. The maximum absolute atomic E-state index is 12.0. The summed E-state index contributed by atoms with van der Waals surface area (Å²) in [6, 6.07) is 6.72. The molecule has 25 heavy (non-hydrogen) atoms. The Morgan fingerprint density at radius 3 is 2.44 bits per heavy atom. The van der Waals surface area contributed by atoms with Gasteiger partial charge in [0.25, 0.3) is 5.91 Å². The van der Waals surface area contributed by atoms with Gasteiger partial charge in [-0.25, -0.2) is 23.5 Å². The number of aromatic nitrogens is 2. The number of hydrogen-bond donors (Lipinski definition) is 3. The first-order valence-electron chi connectivity index (χ1n) is 7.90. The first kappa shape index (κ1) is 17.3. The van der Waals surface area contributed by atoms with Crippen LogP contribution in [0.25, 0.3) is 0 Å². The standard InChI is InChI=1S/C16H19N5O3S/c17-25(23,24)13-5-1-11(2-6-13)7-8-18-16(22)14-9-20-15(10-19-14)21-12-3-4-12/h1-2,5-6,9-10,12H,3-4,7-8H2,(H,18,22)(H,20,21)(H2,17,23,24). The maximum atomic E-state index is 12.0. The van der Waals surface area contributed by atoms with Crippen LogP contribution in [0.2, 0.25) is 0 Å². The molecule has 8 nitrogen and oxygen atoms in total. The maximum Gasteiger partial charge on any atom is 0.271 e. The summed E-state index contributed by atoms with van der Waals surface area (Å²) in [7, 11) is -3.69. The van der Waals surface area contributed by atoms with Crippen LogP contribution >= 0.6 is 0 Å². The summed E-state index contributed by atoms with van der Waals surface area (Å²) in [5.41, 5.74) is 1.15. The number of nitrogens with one attached hydrogen (secondary N) is 2. The van der Waals surface area contributed by atoms with Gasteiger partial charge in [-0.1, -0.05) is 12.1 Å². The van der Waals surface area contributed by atoms with Crippen molar-refractivity contribution in [2.45, 2.75) is 30.2 Å². The predicted octanol–water partition coefficient (Wildman–Crippen LogP) is 0.671. The predicted molar refractivity (Wildman–Crippen MR) is 92.5 cm³/mol. The molecule has 0 saturated heterocycles. The second-order valence-electron chi connectivity index (χ2n) is 5.90. The van der Waals surface area contributed by atoms with E-state index in [0.29, 0.717) is 24.8 Å². The normalized spacial score (nSPS) is 14.1. The number of benzene rings is 1. The van der Waals surface area contributed by atoms with E-state index in [9.17, 15) is 13.2 Å². The lowest BCUT2D eigenvalue weighted by Gasteiger charge is -2.07. The molecule has 1 fully saturated rings. The van der Waals surface area contributed by atoms with Gasteiger partial charge in [-0.05, 0) is 37.0 Å². The highest BCUT2D eigenvalue weighted by atomic mass is 32.2. The molecule has 0 bridgehead atoms. The molecular formula is C16H19N5O3S. The molecule has 1 aromatic heterocycles. The van der Waals surface area contributed by atoms with Crippen molar-refractivity contribution in [2.24, 2.45) is 5.14 Å². The number of carbonyl (C=O) groups is 1. The van der Waals surface area contributed by atoms with Gasteiger partial charge in [-0.3, -0.25) is 4.79 Å². The molecule has 4 N–H and O–H groups in total. The lowest BCUT2D eigenvalue weighted by Crippen LogP contribution is -2.26. The van der Waals surface area contributed by atoms with E-state index >= 15 is 0 Å². The van der Waals surface area contributed by atoms with Crippen LogP contribution in [0.5, 0.6) is 0 Å². The van der Waals surface area contributed by atoms with Gasteiger partial charge in [0.15, 0.2) is 0 Å². The van der Waals surface area contributed by atoms with Crippen molar-refractivity contribution in [3.05, 3.63) is 47.9 Å². The summed E-state index contributed by atoms with van der Waals surface area (Å²) < 4.78 is 22.4. The Labute approximate surface area is 145 Å². The molecular weight excluding hydrogens is 342 g/mol. The van der Waals surface area contributed by atoms with Crippen molar-refractivity contribution in [3.8, 4) is 0 Å². The number of anilines is 1. The van der Waals surface area contributed by atoms with Crippen LogP contribution in [0.15, 0.2) is 41.6 Å². The lowest BCUT2D eigenvalue weighted by molar-refractivity contribution is 0.0949. The molecule has 2 aromatic rings. The Balaban J connectivity index is 1.48. The number of nitrogens with zero attached hydrogens (tertiary/aromatic N) is 2. The van der Waals surface area contributed by atoms with E-state index in [1.54, 1.807) is 18.3 Å². The van der Waals surface area contributed by atoms with Crippen LogP contribution in [0.4, 0.5) is 5.82 Å². The van der Waals surface area contributed by atoms with Crippen LogP contribution in [0, 0.1) is 0 Å². The van der Waals surface area contributed by atoms with E-state index < -0.39 is 10.0 Å². The fourth-order valence-electron chi connectivity index (χ4n) is 2.21. The molecule has 0 radical (unpaired) electrons. The zero-order valence-electron chi connectivity index (χ0n) is 13.5. The van der Waals surface area contributed by atoms with Gasteiger partial charge in [0.2, 0.25) is 10.0 Å². The highest BCUT2D eigenvalue weighted by Crippen LogP contribution is 2.23. The number of amides is 1. The molecule has 0 spiro atoms. The number of primary sulfonamides is 1. The molecule has 9 heteroatoms. The largest absolute Gasteiger partial charge is 0.366 e. The van der Waals surface area contributed by atoms with Gasteiger partial charge >= 0.3 is 0 Å². The van der Waals surface area contributed by atoms with E-state index in [1.807, 2.05) is 0 Å². The molecule has 0 aliphatic heterocycles. The SMILES string of the molecule is NS(=O)(=O)c1ccc(CCNC(=O)c2cnc(NC3CC3)cn2)cc1. The average Bonchev–Trinajstić information content (AvgIpc) is 3.39. The van der Waals surface area contributed by atoms with Crippen molar-refractivity contribution in [3.63, 3.8) is 0 Å². The first-order chi connectivity index (χ1) is 11.9. The minimum Gasteiger partial charge on any atom is -0.366 e. The van der Waals surface area contributed by atoms with Crippen LogP contribution in [0.3, 0.4) is 0 Å². The Morgan fingerprint density at radius 1 is 1.16 bits per heavy atom. The fourth-order valence-corrected chi connectivity index (χ4v) is 2.73. The van der Waals surface area contributed by atoms with E-state index in [1.165, 1.54) is 18.3 Å². The van der Waals surface area contributed by atoms with Gasteiger partial charge in [0, 0.05) is 12.6 Å². The van der Waals surface area contributed by atoms with Crippen LogP contribution in [-0.4, -0.2) is 36.9 Å². The summed E-state index contributed by atoms with van der Waals surface area (Å²) >= 11 is 0. The molecule has 1 aliphatic rings. The third-order valence-corrected chi connectivity index (χ3v) is 4.69. The number of sulfonamides is 1. The second-order valence-corrected chi connectivity index (χ2v) is 7.46. The summed E-state index contributed by atoms with van der Waals surface area (Å²) in [6.45, 7) is 0.400. The van der Waals surface area contributed by atoms with Crippen LogP contribution in [-0.2, 0) is 16.4 Å². The molecule has 1 heterocycles. The molecule has 0 unspecified atom stereocenters. The lowest BCUT2D eigenvalue weighted by atomic mass is 10.1. The summed E-state index contributed by atoms with van der Waals surface area (Å²) in [5.74, 6) is 0.376. The van der Waals surface area contributed by atoms with Gasteiger partial charge in [0.05, 0.1) is 17.3 Å². The first-order valence-corrected chi connectivity index (χ1v) is 9.45. The molecule has 1 aromatic carbocycles. The quantitative estimate of drug-likeness (QED) is 0.665. The molecule has 1 amide bonds. The summed E-state index contributed by atoms with van der Waals surface area (Å²) in [5, 5.41) is 11.0. The van der Waals surface area contributed by atoms with Crippen molar-refractivity contribution >= 4 is 21.7 Å². The van der Waals surface area contributed by atoms with Gasteiger partial charge in [0.1, 0.15) is 11.5 Å². The third-order valence-electron chi connectivity index (χ3n) is 3.76. The topological polar surface area (TPSA) is 127 Å². The van der Waals surface area contributed by atoms with Gasteiger partial charge < -0.3 is 10.6 Å². The zero-order valence-corrected chi connectivity index (χ0v) is 14.3. The van der Waals surface area contributed by atoms with Gasteiger partial charge in [-0.2, -0.15) is 0 Å². The van der Waals surface area contributed by atoms with E-state index in [4.69, 9.17) is 5.14 Å². The summed E-state index contributed by atoms with van der Waals surface area (Å²) in [6.07, 6.45) is 5.84. The minimum absolute atomic E-state index is 0.0652. The second kappa shape index (κ2) is 7.16. The number of hydrogen-bond acceptors (Lipinski definition) is 6. The monoisotopic (exact) mass is 361 g/mol. The Bertz CT molecular complexity index is 846. The zero-order chi connectivity index (χ0) is 17.9. The van der Waals surface area contributed by atoms with Crippen molar-refractivity contribution in [1.29, 1.82) is 0 Å². The molecule has 1 saturated carbocycles. The van der Waals surface area contributed by atoms with Crippen LogP contribution in [0.1, 0.15) is 28.9 Å².